The van der Waals surface area contributed by atoms with E-state index < -0.39 is 0 Å². The summed E-state index contributed by atoms with van der Waals surface area (Å²) in [7, 11) is 5.97. The number of aryl methyl sites for hydroxylation is 2. The highest BCUT2D eigenvalue weighted by Crippen LogP contribution is 2.22. The number of aromatic nitrogens is 2. The van der Waals surface area contributed by atoms with Gasteiger partial charge in [0.2, 0.25) is 5.88 Å². The molecule has 0 aliphatic rings. The molecule has 0 saturated carbocycles. The molecule has 1 rings (SSSR count). The van der Waals surface area contributed by atoms with Gasteiger partial charge in [-0.05, 0) is 34.9 Å². The number of nitrogens with two attached hydrogens (primary N) is 1. The van der Waals surface area contributed by atoms with Crippen LogP contribution in [0.5, 0.6) is 5.88 Å². The fourth-order valence-electron chi connectivity index (χ4n) is 1.47. The Bertz CT molecular complexity index is 382. The molecule has 17 heavy (non-hydrogen) atoms. The molecule has 1 aromatic rings. The molecule has 0 aromatic carbocycles. The van der Waals surface area contributed by atoms with Crippen molar-refractivity contribution in [2.24, 2.45) is 12.8 Å². The number of hydrogen-bond donors (Lipinski definition) is 1. The van der Waals surface area contributed by atoms with Crippen molar-refractivity contribution in [3.05, 3.63) is 11.3 Å². The van der Waals surface area contributed by atoms with Gasteiger partial charge in [0, 0.05) is 19.1 Å². The second-order valence-corrected chi connectivity index (χ2v) is 5.19. The van der Waals surface area contributed by atoms with Crippen LogP contribution in [0.1, 0.15) is 25.1 Å². The lowest BCUT2D eigenvalue weighted by atomic mass is 10.1. The molecule has 1 heterocycles. The minimum atomic E-state index is -0.0238. The topological polar surface area (TPSA) is 56.3 Å². The third-order valence-electron chi connectivity index (χ3n) is 3.27. The Kier molecular flexibility index (Phi) is 4.16. The highest BCUT2D eigenvalue weighted by atomic mass is 16.5. The zero-order chi connectivity index (χ0) is 13.2. The lowest BCUT2D eigenvalue weighted by molar-refractivity contribution is 0.107. The minimum absolute atomic E-state index is 0.0238. The van der Waals surface area contributed by atoms with Crippen molar-refractivity contribution in [3.63, 3.8) is 0 Å². The molecular weight excluding hydrogens is 216 g/mol. The maximum Gasteiger partial charge on any atom is 0.216 e. The van der Waals surface area contributed by atoms with E-state index in [1.807, 2.05) is 28.1 Å². The minimum Gasteiger partial charge on any atom is -0.476 e. The molecule has 0 aliphatic carbocycles. The second-order valence-electron chi connectivity index (χ2n) is 5.19. The van der Waals surface area contributed by atoms with Crippen LogP contribution < -0.4 is 10.5 Å². The first-order valence-electron chi connectivity index (χ1n) is 5.82. The average molecular weight is 240 g/mol. The standard InChI is InChI=1S/C12H24N4O/c1-9-10(7-13)11(16(6)14-9)17-8-12(2,3)15(4)5/h7-8,13H2,1-6H3. The summed E-state index contributed by atoms with van der Waals surface area (Å²) >= 11 is 0. The Balaban J connectivity index is 2.82. The Labute approximate surface area is 104 Å². The normalized spacial score (nSPS) is 12.2. The molecule has 0 spiro atoms. The average Bonchev–Trinajstić information content (AvgIpc) is 2.49. The summed E-state index contributed by atoms with van der Waals surface area (Å²) in [6, 6.07) is 0. The van der Waals surface area contributed by atoms with Crippen LogP contribution in [0.2, 0.25) is 0 Å². The Morgan fingerprint density at radius 2 is 2.00 bits per heavy atom. The largest absolute Gasteiger partial charge is 0.476 e. The monoisotopic (exact) mass is 240 g/mol. The molecular formula is C12H24N4O. The van der Waals surface area contributed by atoms with Crippen LogP contribution in [0.25, 0.3) is 0 Å². The lowest BCUT2D eigenvalue weighted by Crippen LogP contribution is -2.43. The van der Waals surface area contributed by atoms with Crippen LogP contribution in [0, 0.1) is 6.92 Å². The van der Waals surface area contributed by atoms with Crippen LogP contribution >= 0.6 is 0 Å². The van der Waals surface area contributed by atoms with Gasteiger partial charge in [-0.2, -0.15) is 5.10 Å². The number of ether oxygens (including phenoxy) is 1. The first-order chi connectivity index (χ1) is 7.79. The molecule has 5 nitrogen and oxygen atoms in total. The van der Waals surface area contributed by atoms with E-state index >= 15 is 0 Å². The van der Waals surface area contributed by atoms with Crippen LogP contribution in [-0.2, 0) is 13.6 Å². The van der Waals surface area contributed by atoms with Gasteiger partial charge < -0.3 is 15.4 Å². The molecule has 98 valence electrons. The summed E-state index contributed by atoms with van der Waals surface area (Å²) in [4.78, 5) is 2.14. The van der Waals surface area contributed by atoms with Crippen molar-refractivity contribution in [2.75, 3.05) is 20.7 Å². The third kappa shape index (κ3) is 2.98. The first-order valence-corrected chi connectivity index (χ1v) is 5.82. The quantitative estimate of drug-likeness (QED) is 0.831. The van der Waals surface area contributed by atoms with E-state index in [-0.39, 0.29) is 5.54 Å². The van der Waals surface area contributed by atoms with E-state index in [1.165, 1.54) is 0 Å². The first kappa shape index (κ1) is 14.0. The molecule has 5 heteroatoms. The summed E-state index contributed by atoms with van der Waals surface area (Å²) in [5.74, 6) is 0.778. The summed E-state index contributed by atoms with van der Waals surface area (Å²) in [5.41, 5.74) is 7.62. The molecule has 0 bridgehead atoms. The fourth-order valence-corrected chi connectivity index (χ4v) is 1.47. The summed E-state index contributed by atoms with van der Waals surface area (Å²) in [5, 5.41) is 4.33. The SMILES string of the molecule is Cc1nn(C)c(OCC(C)(C)N(C)C)c1CN. The molecule has 0 amide bonds. The molecule has 2 N–H and O–H groups in total. The maximum absolute atomic E-state index is 5.88. The predicted octanol–water partition coefficient (Wildman–Crippen LogP) is 0.906. The van der Waals surface area contributed by atoms with Gasteiger partial charge in [-0.25, -0.2) is 4.68 Å². The van der Waals surface area contributed by atoms with Crippen molar-refractivity contribution in [2.45, 2.75) is 32.9 Å². The molecule has 0 saturated heterocycles. The fraction of sp³-hybridized carbons (Fsp3) is 0.750. The van der Waals surface area contributed by atoms with Gasteiger partial charge in [-0.3, -0.25) is 0 Å². The van der Waals surface area contributed by atoms with Gasteiger partial charge in [-0.1, -0.05) is 0 Å². The van der Waals surface area contributed by atoms with E-state index in [1.54, 1.807) is 4.68 Å². The van der Waals surface area contributed by atoms with E-state index in [9.17, 15) is 0 Å². The van der Waals surface area contributed by atoms with Crippen molar-refractivity contribution in [1.82, 2.24) is 14.7 Å². The molecule has 0 fully saturated rings. The number of hydrogen-bond acceptors (Lipinski definition) is 4. The van der Waals surface area contributed by atoms with Crippen LogP contribution in [0.4, 0.5) is 0 Å². The van der Waals surface area contributed by atoms with Gasteiger partial charge in [-0.15, -0.1) is 0 Å². The van der Waals surface area contributed by atoms with E-state index in [4.69, 9.17) is 10.5 Å². The van der Waals surface area contributed by atoms with Crippen molar-refractivity contribution < 1.29 is 4.74 Å². The summed E-state index contributed by atoms with van der Waals surface area (Å²) < 4.78 is 7.64. The zero-order valence-corrected chi connectivity index (χ0v) is 11.7. The van der Waals surface area contributed by atoms with E-state index in [0.29, 0.717) is 13.2 Å². The highest BCUT2D eigenvalue weighted by molar-refractivity contribution is 5.30. The van der Waals surface area contributed by atoms with Crippen LogP contribution in [0.15, 0.2) is 0 Å². The predicted molar refractivity (Wildman–Crippen MR) is 69.1 cm³/mol. The lowest BCUT2D eigenvalue weighted by Gasteiger charge is -2.32. The van der Waals surface area contributed by atoms with Gasteiger partial charge in [0.1, 0.15) is 6.61 Å². The molecule has 0 radical (unpaired) electrons. The smallest absolute Gasteiger partial charge is 0.216 e. The van der Waals surface area contributed by atoms with Crippen molar-refractivity contribution >= 4 is 0 Å². The number of nitrogens with zero attached hydrogens (tertiary/aromatic N) is 3. The number of rotatable bonds is 5. The van der Waals surface area contributed by atoms with Crippen molar-refractivity contribution in [1.29, 1.82) is 0 Å². The molecule has 0 aliphatic heterocycles. The van der Waals surface area contributed by atoms with Gasteiger partial charge in [0.15, 0.2) is 0 Å². The zero-order valence-electron chi connectivity index (χ0n) is 11.7. The molecule has 1 aromatic heterocycles. The van der Waals surface area contributed by atoms with Gasteiger partial charge in [0.25, 0.3) is 0 Å². The van der Waals surface area contributed by atoms with Crippen LogP contribution in [0.3, 0.4) is 0 Å². The Morgan fingerprint density at radius 3 is 2.47 bits per heavy atom. The van der Waals surface area contributed by atoms with Gasteiger partial charge in [0.05, 0.1) is 11.3 Å². The second kappa shape index (κ2) is 5.06. The maximum atomic E-state index is 5.88. The Hall–Kier alpha value is -1.07. The Morgan fingerprint density at radius 1 is 1.41 bits per heavy atom. The summed E-state index contributed by atoms with van der Waals surface area (Å²) in [6.45, 7) is 7.28. The van der Waals surface area contributed by atoms with Crippen LogP contribution in [-0.4, -0.2) is 40.9 Å². The summed E-state index contributed by atoms with van der Waals surface area (Å²) in [6.07, 6.45) is 0. The molecule has 0 atom stereocenters. The van der Waals surface area contributed by atoms with Crippen molar-refractivity contribution in [3.8, 4) is 5.88 Å². The highest BCUT2D eigenvalue weighted by Gasteiger charge is 2.23. The van der Waals surface area contributed by atoms with Gasteiger partial charge >= 0.3 is 0 Å². The molecule has 0 unspecified atom stereocenters. The third-order valence-corrected chi connectivity index (χ3v) is 3.27. The van der Waals surface area contributed by atoms with E-state index in [2.05, 4.69) is 23.8 Å². The van der Waals surface area contributed by atoms with E-state index in [0.717, 1.165) is 17.1 Å². The number of likely N-dealkylation sites (N-methyl/N-ethyl adjacent to an activating group) is 1.